The van der Waals surface area contributed by atoms with Crippen LogP contribution < -0.4 is 9.80 Å². The molecule has 0 unspecified atom stereocenters. The Morgan fingerprint density at radius 1 is 0.243 bits per heavy atom. The minimum Gasteiger partial charge on any atom is -0.309 e. The predicted molar refractivity (Wildman–Crippen MR) is 305 cm³/mol. The molecule has 2 nitrogen and oxygen atoms in total. The Morgan fingerprint density at radius 2 is 0.600 bits per heavy atom. The number of hydrogen-bond donors (Lipinski definition) is 0. The van der Waals surface area contributed by atoms with Crippen molar-refractivity contribution in [3.63, 3.8) is 0 Å². The summed E-state index contributed by atoms with van der Waals surface area (Å²) >= 11 is 3.76. The van der Waals surface area contributed by atoms with E-state index in [9.17, 15) is 0 Å². The smallest absolute Gasteiger partial charge is 0.0619 e. The van der Waals surface area contributed by atoms with Gasteiger partial charge in [0.2, 0.25) is 0 Å². The third kappa shape index (κ3) is 6.60. The lowest BCUT2D eigenvalue weighted by Crippen LogP contribution is -2.13. The highest BCUT2D eigenvalue weighted by molar-refractivity contribution is 7.26. The highest BCUT2D eigenvalue weighted by Crippen LogP contribution is 2.52. The predicted octanol–water partition coefficient (Wildman–Crippen LogP) is 20.2. The van der Waals surface area contributed by atoms with Crippen LogP contribution in [-0.4, -0.2) is 0 Å². The van der Waals surface area contributed by atoms with Gasteiger partial charge in [0.1, 0.15) is 0 Å². The monoisotopic (exact) mass is 926 g/mol. The molecule has 4 heteroatoms. The summed E-state index contributed by atoms with van der Waals surface area (Å²) in [5.41, 5.74) is 11.5. The molecule has 2 heterocycles. The number of rotatable bonds is 8. The molecule has 0 atom stereocenters. The van der Waals surface area contributed by atoms with Gasteiger partial charge in [-0.3, -0.25) is 0 Å². The minimum atomic E-state index is 1.09. The van der Waals surface area contributed by atoms with Crippen molar-refractivity contribution in [3.8, 4) is 22.3 Å². The number of thiophene rings is 2. The Hall–Kier alpha value is -8.54. The first kappa shape index (κ1) is 40.5. The fourth-order valence-corrected chi connectivity index (χ4v) is 13.3. The van der Waals surface area contributed by atoms with Crippen LogP contribution in [0.5, 0.6) is 0 Å². The summed E-state index contributed by atoms with van der Waals surface area (Å²) in [6.45, 7) is 0. The van der Waals surface area contributed by atoms with E-state index in [4.69, 9.17) is 0 Å². The molecule has 0 aliphatic carbocycles. The topological polar surface area (TPSA) is 6.48 Å². The van der Waals surface area contributed by atoms with Gasteiger partial charge in [0.15, 0.2) is 0 Å². The van der Waals surface area contributed by atoms with Crippen molar-refractivity contribution in [1.29, 1.82) is 0 Å². The van der Waals surface area contributed by atoms with Gasteiger partial charge in [-0.15, -0.1) is 22.7 Å². The minimum absolute atomic E-state index is 1.09. The van der Waals surface area contributed by atoms with Crippen LogP contribution in [0.2, 0.25) is 0 Å². The van der Waals surface area contributed by atoms with Crippen molar-refractivity contribution in [2.24, 2.45) is 0 Å². The Kier molecular flexibility index (Phi) is 9.61. The largest absolute Gasteiger partial charge is 0.309 e. The summed E-state index contributed by atoms with van der Waals surface area (Å²) in [5, 5.41) is 12.3. The van der Waals surface area contributed by atoms with Crippen LogP contribution in [-0.2, 0) is 0 Å². The molecular formula is C66H42N2S2. The highest BCUT2D eigenvalue weighted by Gasteiger charge is 2.26. The zero-order valence-electron chi connectivity index (χ0n) is 38.0. The van der Waals surface area contributed by atoms with E-state index >= 15 is 0 Å². The standard InChI is InChI=1S/C66H42N2S2/c1-3-23-47(24-4-1)67(49-27-15-21-43(39-49)53-33-17-35-57-55-31-11-13-37-61(55)69-65(53)57)63-51-29-9-7-19-45(51)42-60-59(63)41-46-20-8-10-30-52(46)64(60)68(48-25-5-2-6-26-48)50-28-16-22-44(40-50)54-34-18-36-58-56-32-12-14-38-62(56)70-66(54)58/h1-42H. The third-order valence-corrected chi connectivity index (χ3v) is 16.4. The summed E-state index contributed by atoms with van der Waals surface area (Å²) in [6, 6.07) is 93.9. The molecule has 12 aromatic carbocycles. The summed E-state index contributed by atoms with van der Waals surface area (Å²) in [7, 11) is 0. The van der Waals surface area contributed by atoms with Crippen molar-refractivity contribution in [2.75, 3.05) is 9.80 Å². The Labute approximate surface area is 413 Å². The molecule has 70 heavy (non-hydrogen) atoms. The lowest BCUT2D eigenvalue weighted by atomic mass is 9.93. The lowest BCUT2D eigenvalue weighted by Gasteiger charge is -2.32. The molecule has 0 spiro atoms. The van der Waals surface area contributed by atoms with Crippen LogP contribution in [0.3, 0.4) is 0 Å². The molecule has 0 N–H and O–H groups in total. The Morgan fingerprint density at radius 3 is 1.06 bits per heavy atom. The van der Waals surface area contributed by atoms with Gasteiger partial charge in [-0.1, -0.05) is 182 Å². The third-order valence-electron chi connectivity index (χ3n) is 13.9. The van der Waals surface area contributed by atoms with Crippen LogP contribution in [0.15, 0.2) is 255 Å². The molecule has 0 saturated heterocycles. The molecule has 0 amide bonds. The average molecular weight is 927 g/mol. The normalized spacial score (nSPS) is 11.7. The number of benzene rings is 12. The van der Waals surface area contributed by atoms with E-state index in [1.807, 2.05) is 22.7 Å². The first-order valence-electron chi connectivity index (χ1n) is 23.8. The second kappa shape index (κ2) is 16.6. The molecule has 14 rings (SSSR count). The molecule has 0 radical (unpaired) electrons. The number of nitrogens with zero attached hydrogens (tertiary/aromatic N) is 2. The van der Waals surface area contributed by atoms with E-state index in [1.165, 1.54) is 94.9 Å². The van der Waals surface area contributed by atoms with E-state index in [-0.39, 0.29) is 0 Å². The van der Waals surface area contributed by atoms with Crippen molar-refractivity contribution in [3.05, 3.63) is 255 Å². The van der Waals surface area contributed by atoms with Crippen LogP contribution in [0, 0.1) is 0 Å². The van der Waals surface area contributed by atoms with Crippen LogP contribution >= 0.6 is 22.7 Å². The zero-order valence-corrected chi connectivity index (χ0v) is 39.6. The van der Waals surface area contributed by atoms with E-state index < -0.39 is 0 Å². The summed E-state index contributed by atoms with van der Waals surface area (Å²) in [5.74, 6) is 0. The fraction of sp³-hybridized carbons (Fsp3) is 0. The molecule has 0 aliphatic rings. The summed E-state index contributed by atoms with van der Waals surface area (Å²) in [4.78, 5) is 4.99. The molecule has 0 bridgehead atoms. The first-order chi connectivity index (χ1) is 34.7. The zero-order chi connectivity index (χ0) is 46.1. The van der Waals surface area contributed by atoms with Gasteiger partial charge in [-0.05, 0) is 106 Å². The van der Waals surface area contributed by atoms with Crippen molar-refractivity contribution in [1.82, 2.24) is 0 Å². The van der Waals surface area contributed by atoms with Crippen molar-refractivity contribution >= 4 is 129 Å². The molecule has 0 aliphatic heterocycles. The second-order valence-corrected chi connectivity index (χ2v) is 20.1. The SMILES string of the molecule is c1ccc(N(c2cccc(-c3cccc4c3sc3ccccc34)c2)c2c3ccccc3cc3c(N(c4ccccc4)c4cccc(-c5cccc6c5sc5ccccc56)c4)c4ccccc4cc23)cc1. The molecule has 14 aromatic rings. The summed E-state index contributed by atoms with van der Waals surface area (Å²) in [6.07, 6.45) is 0. The maximum Gasteiger partial charge on any atom is 0.0619 e. The lowest BCUT2D eigenvalue weighted by molar-refractivity contribution is 1.30. The molecule has 0 fully saturated rings. The van der Waals surface area contributed by atoms with Gasteiger partial charge in [-0.2, -0.15) is 0 Å². The van der Waals surface area contributed by atoms with Crippen LogP contribution in [0.25, 0.3) is 94.9 Å². The fourth-order valence-electron chi connectivity index (χ4n) is 10.9. The van der Waals surface area contributed by atoms with Crippen molar-refractivity contribution in [2.45, 2.75) is 0 Å². The van der Waals surface area contributed by atoms with E-state index in [2.05, 4.69) is 265 Å². The average Bonchev–Trinajstić information content (AvgIpc) is 4.01. The Balaban J connectivity index is 1.04. The second-order valence-electron chi connectivity index (χ2n) is 18.0. The van der Waals surface area contributed by atoms with E-state index in [0.717, 1.165) is 34.1 Å². The van der Waals surface area contributed by atoms with Gasteiger partial charge < -0.3 is 9.80 Å². The number of para-hydroxylation sites is 2. The van der Waals surface area contributed by atoms with Gasteiger partial charge in [0, 0.05) is 84.6 Å². The van der Waals surface area contributed by atoms with Gasteiger partial charge in [0.05, 0.1) is 11.4 Å². The molecule has 2 aromatic heterocycles. The van der Waals surface area contributed by atoms with E-state index in [1.54, 1.807) is 0 Å². The maximum atomic E-state index is 2.50. The molecule has 0 saturated carbocycles. The van der Waals surface area contributed by atoms with Gasteiger partial charge in [0.25, 0.3) is 0 Å². The van der Waals surface area contributed by atoms with Gasteiger partial charge >= 0.3 is 0 Å². The Bertz CT molecular complexity index is 4040. The number of anilines is 6. The maximum absolute atomic E-state index is 2.50. The number of fused-ring (bicyclic) bond motifs is 9. The quantitative estimate of drug-likeness (QED) is 0.140. The van der Waals surface area contributed by atoms with E-state index in [0.29, 0.717) is 0 Å². The molecular weight excluding hydrogens is 885 g/mol. The van der Waals surface area contributed by atoms with Crippen molar-refractivity contribution < 1.29 is 0 Å². The number of hydrogen-bond acceptors (Lipinski definition) is 4. The summed E-state index contributed by atoms with van der Waals surface area (Å²) < 4.78 is 5.23. The first-order valence-corrected chi connectivity index (χ1v) is 25.5. The molecule has 328 valence electrons. The van der Waals surface area contributed by atoms with Crippen LogP contribution in [0.4, 0.5) is 34.1 Å². The highest BCUT2D eigenvalue weighted by atomic mass is 32.1. The van der Waals surface area contributed by atoms with Crippen LogP contribution in [0.1, 0.15) is 0 Å². The van der Waals surface area contributed by atoms with Gasteiger partial charge in [-0.25, -0.2) is 0 Å².